The van der Waals surface area contributed by atoms with Crippen LogP contribution in [-0.4, -0.2) is 11.1 Å². The van der Waals surface area contributed by atoms with Crippen LogP contribution < -0.4 is 0 Å². The van der Waals surface area contributed by atoms with Gasteiger partial charge in [-0.3, -0.25) is 4.79 Å². The van der Waals surface area contributed by atoms with Crippen molar-refractivity contribution in [3.05, 3.63) is 20.3 Å². The fourth-order valence-electron chi connectivity index (χ4n) is 1.42. The second kappa shape index (κ2) is 3.15. The molecule has 0 saturated heterocycles. The van der Waals surface area contributed by atoms with Gasteiger partial charge in [-0.1, -0.05) is 23.2 Å². The Morgan fingerprint density at radius 3 is 2.69 bits per heavy atom. The maximum Gasteiger partial charge on any atom is 0.307 e. The van der Waals surface area contributed by atoms with Crippen molar-refractivity contribution in [1.82, 2.24) is 0 Å². The lowest BCUT2D eigenvalue weighted by molar-refractivity contribution is -0.138. The average Bonchev–Trinajstić information content (AvgIpc) is 2.73. The van der Waals surface area contributed by atoms with E-state index in [4.69, 9.17) is 28.3 Å². The third-order valence-corrected chi connectivity index (χ3v) is 3.71. The van der Waals surface area contributed by atoms with Gasteiger partial charge in [0.2, 0.25) is 0 Å². The highest BCUT2D eigenvalue weighted by atomic mass is 35.5. The van der Waals surface area contributed by atoms with E-state index in [0.29, 0.717) is 15.1 Å². The lowest BCUT2D eigenvalue weighted by Gasteiger charge is -1.92. The summed E-state index contributed by atoms with van der Waals surface area (Å²) >= 11 is 12.9. The average molecular weight is 237 g/mol. The fourth-order valence-corrected chi connectivity index (χ4v) is 3.01. The van der Waals surface area contributed by atoms with Crippen molar-refractivity contribution in [3.63, 3.8) is 0 Å². The first-order valence-corrected chi connectivity index (χ1v) is 5.34. The van der Waals surface area contributed by atoms with E-state index in [9.17, 15) is 4.79 Å². The number of hydrogen-bond donors (Lipinski definition) is 1. The van der Waals surface area contributed by atoms with Gasteiger partial charge in [-0.05, 0) is 18.1 Å². The number of hydrogen-bond acceptors (Lipinski definition) is 2. The van der Waals surface area contributed by atoms with E-state index in [-0.39, 0.29) is 11.8 Å². The molecule has 0 aromatic carbocycles. The Kier molecular flexibility index (Phi) is 2.26. The van der Waals surface area contributed by atoms with Gasteiger partial charge in [0.25, 0.3) is 0 Å². The molecular formula is C8H6Cl2O2S. The normalized spacial score (nSPS) is 26.0. The minimum Gasteiger partial charge on any atom is -0.481 e. The summed E-state index contributed by atoms with van der Waals surface area (Å²) in [6, 6.07) is 1.77. The Hall–Kier alpha value is -0.250. The van der Waals surface area contributed by atoms with Gasteiger partial charge in [0.05, 0.1) is 14.6 Å². The molecule has 2 atom stereocenters. The van der Waals surface area contributed by atoms with Gasteiger partial charge < -0.3 is 5.11 Å². The van der Waals surface area contributed by atoms with E-state index in [2.05, 4.69) is 0 Å². The number of carbonyl (C=O) groups is 1. The highest BCUT2D eigenvalue weighted by Gasteiger charge is 2.45. The van der Waals surface area contributed by atoms with Crippen molar-refractivity contribution < 1.29 is 9.90 Å². The Morgan fingerprint density at radius 2 is 2.31 bits per heavy atom. The molecule has 1 N–H and O–H groups in total. The van der Waals surface area contributed by atoms with Crippen LogP contribution >= 0.6 is 34.5 Å². The molecule has 0 bridgehead atoms. The zero-order valence-electron chi connectivity index (χ0n) is 6.46. The van der Waals surface area contributed by atoms with Crippen LogP contribution in [0.2, 0.25) is 8.67 Å². The topological polar surface area (TPSA) is 37.3 Å². The van der Waals surface area contributed by atoms with Crippen LogP contribution in [0, 0.1) is 5.92 Å². The van der Waals surface area contributed by atoms with E-state index in [0.717, 1.165) is 5.56 Å². The maximum absolute atomic E-state index is 10.6. The fraction of sp³-hybridized carbons (Fsp3) is 0.375. The summed E-state index contributed by atoms with van der Waals surface area (Å²) in [5, 5.41) is 8.71. The molecule has 1 aliphatic rings. The molecule has 1 aliphatic carbocycles. The SMILES string of the molecule is O=C(O)C1CC1c1cc(Cl)sc1Cl. The monoisotopic (exact) mass is 236 g/mol. The Balaban J connectivity index is 2.20. The first-order valence-electron chi connectivity index (χ1n) is 3.77. The molecular weight excluding hydrogens is 231 g/mol. The van der Waals surface area contributed by atoms with E-state index < -0.39 is 5.97 Å². The molecule has 0 aliphatic heterocycles. The quantitative estimate of drug-likeness (QED) is 0.857. The van der Waals surface area contributed by atoms with Gasteiger partial charge in [-0.25, -0.2) is 0 Å². The molecule has 2 nitrogen and oxygen atoms in total. The minimum absolute atomic E-state index is 0.0775. The predicted octanol–water partition coefficient (Wildman–Crippen LogP) is 3.24. The number of carboxylic acids is 1. The number of carboxylic acid groups (broad SMARTS) is 1. The Bertz CT molecular complexity index is 361. The van der Waals surface area contributed by atoms with Gasteiger partial charge >= 0.3 is 5.97 Å². The zero-order chi connectivity index (χ0) is 9.59. The lowest BCUT2D eigenvalue weighted by atomic mass is 10.2. The molecule has 2 rings (SSSR count). The summed E-state index contributed by atoms with van der Waals surface area (Å²) in [5.41, 5.74) is 0.893. The molecule has 1 fully saturated rings. The number of halogens is 2. The first-order chi connectivity index (χ1) is 6.09. The highest BCUT2D eigenvalue weighted by molar-refractivity contribution is 7.20. The van der Waals surface area contributed by atoms with E-state index in [1.165, 1.54) is 11.3 Å². The van der Waals surface area contributed by atoms with Gasteiger partial charge in [-0.2, -0.15) is 0 Å². The Morgan fingerprint density at radius 1 is 1.62 bits per heavy atom. The van der Waals surface area contributed by atoms with E-state index in [1.54, 1.807) is 6.07 Å². The largest absolute Gasteiger partial charge is 0.481 e. The molecule has 1 heterocycles. The van der Waals surface area contributed by atoms with Gasteiger partial charge in [0.1, 0.15) is 0 Å². The minimum atomic E-state index is -0.747. The molecule has 1 aromatic heterocycles. The van der Waals surface area contributed by atoms with E-state index >= 15 is 0 Å². The Labute approximate surface area is 89.1 Å². The van der Waals surface area contributed by atoms with Crippen LogP contribution in [0.25, 0.3) is 0 Å². The zero-order valence-corrected chi connectivity index (χ0v) is 8.79. The van der Waals surface area contributed by atoms with Crippen LogP contribution in [-0.2, 0) is 4.79 Å². The second-order valence-corrected chi connectivity index (χ2v) is 5.35. The summed E-state index contributed by atoms with van der Waals surface area (Å²) in [4.78, 5) is 10.6. The molecule has 2 unspecified atom stereocenters. The van der Waals surface area contributed by atoms with E-state index in [1.807, 2.05) is 0 Å². The van der Waals surface area contributed by atoms with Crippen molar-refractivity contribution in [2.45, 2.75) is 12.3 Å². The molecule has 70 valence electrons. The molecule has 0 spiro atoms. The number of thiophene rings is 1. The van der Waals surface area contributed by atoms with Crippen molar-refractivity contribution in [2.75, 3.05) is 0 Å². The second-order valence-electron chi connectivity index (χ2n) is 3.07. The van der Waals surface area contributed by atoms with Gasteiger partial charge in [-0.15, -0.1) is 11.3 Å². The molecule has 5 heteroatoms. The summed E-state index contributed by atoms with van der Waals surface area (Å²) < 4.78 is 1.25. The van der Waals surface area contributed by atoms with Crippen LogP contribution in [0.15, 0.2) is 6.07 Å². The summed E-state index contributed by atoms with van der Waals surface area (Å²) in [6.45, 7) is 0. The predicted molar refractivity (Wildman–Crippen MR) is 52.8 cm³/mol. The number of aliphatic carboxylic acids is 1. The van der Waals surface area contributed by atoms with Crippen LogP contribution in [0.3, 0.4) is 0 Å². The van der Waals surface area contributed by atoms with Gasteiger partial charge in [0.15, 0.2) is 0 Å². The third kappa shape index (κ3) is 1.68. The third-order valence-electron chi connectivity index (χ3n) is 2.19. The highest BCUT2D eigenvalue weighted by Crippen LogP contribution is 2.52. The van der Waals surface area contributed by atoms with Crippen LogP contribution in [0.1, 0.15) is 17.9 Å². The smallest absolute Gasteiger partial charge is 0.307 e. The summed E-state index contributed by atoms with van der Waals surface area (Å²) in [5.74, 6) is -0.930. The molecule has 0 amide bonds. The van der Waals surface area contributed by atoms with Crippen molar-refractivity contribution in [1.29, 1.82) is 0 Å². The van der Waals surface area contributed by atoms with Gasteiger partial charge in [0, 0.05) is 5.92 Å². The van der Waals surface area contributed by atoms with Crippen molar-refractivity contribution in [2.24, 2.45) is 5.92 Å². The number of rotatable bonds is 2. The van der Waals surface area contributed by atoms with Crippen molar-refractivity contribution in [3.8, 4) is 0 Å². The summed E-state index contributed by atoms with van der Waals surface area (Å²) in [6.07, 6.45) is 0.683. The first kappa shape index (κ1) is 9.31. The van der Waals surface area contributed by atoms with Crippen molar-refractivity contribution >= 4 is 40.5 Å². The molecule has 1 aromatic rings. The molecule has 1 saturated carbocycles. The van der Waals surface area contributed by atoms with Crippen LogP contribution in [0.4, 0.5) is 0 Å². The summed E-state index contributed by atoms with van der Waals surface area (Å²) in [7, 11) is 0. The molecule has 13 heavy (non-hydrogen) atoms. The lowest BCUT2D eigenvalue weighted by Crippen LogP contribution is -1.98. The standard InChI is InChI=1S/C8H6Cl2O2S/c9-6-2-4(7(10)13-6)3-1-5(3)8(11)12/h2-3,5H,1H2,(H,11,12). The maximum atomic E-state index is 10.6. The van der Waals surface area contributed by atoms with Crippen LogP contribution in [0.5, 0.6) is 0 Å². The molecule has 0 radical (unpaired) electrons.